The van der Waals surface area contributed by atoms with Gasteiger partial charge in [0.15, 0.2) is 0 Å². The second-order valence-electron chi connectivity index (χ2n) is 6.87. The number of nitrogens with zero attached hydrogens (tertiary/aromatic N) is 4. The molecule has 5 heteroatoms. The molecule has 0 aliphatic carbocycles. The lowest BCUT2D eigenvalue weighted by Crippen LogP contribution is -2.47. The Hall–Kier alpha value is -2.14. The van der Waals surface area contributed by atoms with Gasteiger partial charge < -0.3 is 9.80 Å². The number of benzene rings is 1. The molecule has 2 fully saturated rings. The van der Waals surface area contributed by atoms with Gasteiger partial charge in [-0.05, 0) is 57.5 Å². The number of rotatable bonds is 3. The highest BCUT2D eigenvalue weighted by atomic mass is 16.2. The van der Waals surface area contributed by atoms with Gasteiger partial charge in [-0.15, -0.1) is 0 Å². The summed E-state index contributed by atoms with van der Waals surface area (Å²) in [7, 11) is 2.19. The Morgan fingerprint density at radius 1 is 1.08 bits per heavy atom. The van der Waals surface area contributed by atoms with Crippen LogP contribution in [0.1, 0.15) is 36.0 Å². The number of likely N-dealkylation sites (N-methyl/N-ethyl adjacent to an activating group) is 1. The van der Waals surface area contributed by atoms with Crippen LogP contribution in [0.3, 0.4) is 0 Å². The molecule has 24 heavy (non-hydrogen) atoms. The number of aromatic nitrogens is 2. The molecule has 0 bridgehead atoms. The Balaban J connectivity index is 1.64. The second kappa shape index (κ2) is 6.40. The topological polar surface area (TPSA) is 41.4 Å². The van der Waals surface area contributed by atoms with Crippen molar-refractivity contribution in [2.45, 2.75) is 37.8 Å². The monoisotopic (exact) mass is 324 g/mol. The van der Waals surface area contributed by atoms with Gasteiger partial charge in [0.2, 0.25) is 0 Å². The van der Waals surface area contributed by atoms with Gasteiger partial charge >= 0.3 is 0 Å². The minimum Gasteiger partial charge on any atom is -0.334 e. The normalized spacial score (nSPS) is 24.6. The molecule has 0 radical (unpaired) electrons. The van der Waals surface area contributed by atoms with E-state index in [1.165, 1.54) is 12.8 Å². The number of amides is 1. The zero-order chi connectivity index (χ0) is 16.5. The highest BCUT2D eigenvalue weighted by Gasteiger charge is 2.39. The number of carbonyl (C=O) groups excluding carboxylic acids is 1. The first-order valence-electron chi connectivity index (χ1n) is 8.86. The molecule has 2 atom stereocenters. The fourth-order valence-electron chi connectivity index (χ4n) is 4.29. The summed E-state index contributed by atoms with van der Waals surface area (Å²) < 4.78 is 1.78. The van der Waals surface area contributed by atoms with E-state index >= 15 is 0 Å². The molecule has 1 amide bonds. The van der Waals surface area contributed by atoms with Crippen LogP contribution in [0.15, 0.2) is 42.7 Å². The average molecular weight is 324 g/mol. The van der Waals surface area contributed by atoms with Gasteiger partial charge in [0, 0.05) is 31.0 Å². The molecule has 5 nitrogen and oxygen atoms in total. The summed E-state index contributed by atoms with van der Waals surface area (Å²) in [6.07, 6.45) is 8.29. The maximum atomic E-state index is 13.3. The molecule has 2 aliphatic rings. The van der Waals surface area contributed by atoms with Crippen LogP contribution in [0.4, 0.5) is 0 Å². The third kappa shape index (κ3) is 2.63. The molecule has 1 aromatic carbocycles. The van der Waals surface area contributed by atoms with E-state index in [4.69, 9.17) is 0 Å². The van der Waals surface area contributed by atoms with Crippen LogP contribution >= 0.6 is 0 Å². The van der Waals surface area contributed by atoms with Crippen molar-refractivity contribution < 1.29 is 4.79 Å². The SMILES string of the molecule is CN1CCCC1C1CCCN1C(=O)c1ccccc1-n1cccn1. The van der Waals surface area contributed by atoms with Gasteiger partial charge in [0.1, 0.15) is 0 Å². The standard InChI is InChI=1S/C19H24N4O/c1-21-12-4-9-17(21)18-10-5-13-22(18)19(24)15-7-2-3-8-16(15)23-14-6-11-20-23/h2-3,6-8,11,14,17-18H,4-5,9-10,12-13H2,1H3. The molecule has 1 aromatic heterocycles. The van der Waals surface area contributed by atoms with Crippen LogP contribution in [-0.4, -0.2) is 57.7 Å². The first-order valence-corrected chi connectivity index (χ1v) is 8.86. The molecule has 0 spiro atoms. The van der Waals surface area contributed by atoms with Crippen LogP contribution in [-0.2, 0) is 0 Å². The largest absolute Gasteiger partial charge is 0.334 e. The first-order chi connectivity index (χ1) is 11.8. The van der Waals surface area contributed by atoms with Crippen molar-refractivity contribution in [3.8, 4) is 5.69 Å². The lowest BCUT2D eigenvalue weighted by Gasteiger charge is -2.33. The molecule has 0 N–H and O–H groups in total. The molecule has 3 heterocycles. The molecular formula is C19H24N4O. The van der Waals surface area contributed by atoms with Gasteiger partial charge in [-0.3, -0.25) is 4.79 Å². The van der Waals surface area contributed by atoms with E-state index < -0.39 is 0 Å². The maximum absolute atomic E-state index is 13.3. The molecule has 4 rings (SSSR count). The van der Waals surface area contributed by atoms with E-state index in [1.54, 1.807) is 10.9 Å². The van der Waals surface area contributed by atoms with Crippen molar-refractivity contribution in [1.29, 1.82) is 0 Å². The third-order valence-electron chi connectivity index (χ3n) is 5.47. The van der Waals surface area contributed by atoms with Gasteiger partial charge in [-0.2, -0.15) is 5.10 Å². The summed E-state index contributed by atoms with van der Waals surface area (Å²) >= 11 is 0. The van der Waals surface area contributed by atoms with Gasteiger partial charge in [-0.25, -0.2) is 4.68 Å². The Kier molecular flexibility index (Phi) is 4.10. The van der Waals surface area contributed by atoms with Crippen LogP contribution in [0, 0.1) is 0 Å². The summed E-state index contributed by atoms with van der Waals surface area (Å²) in [6.45, 7) is 2.01. The summed E-state index contributed by atoms with van der Waals surface area (Å²) in [5.41, 5.74) is 1.60. The number of para-hydroxylation sites is 1. The van der Waals surface area contributed by atoms with E-state index in [1.807, 2.05) is 36.5 Å². The van der Waals surface area contributed by atoms with Crippen LogP contribution in [0.25, 0.3) is 5.69 Å². The number of likely N-dealkylation sites (tertiary alicyclic amines) is 2. The average Bonchev–Trinajstić information content (AvgIpc) is 3.35. The van der Waals surface area contributed by atoms with E-state index in [2.05, 4.69) is 21.9 Å². The minimum absolute atomic E-state index is 0.143. The summed E-state index contributed by atoms with van der Waals surface area (Å²) in [5, 5.41) is 4.30. The zero-order valence-corrected chi connectivity index (χ0v) is 14.1. The van der Waals surface area contributed by atoms with Crippen molar-refractivity contribution in [2.75, 3.05) is 20.1 Å². The van der Waals surface area contributed by atoms with Crippen LogP contribution in [0.2, 0.25) is 0 Å². The Morgan fingerprint density at radius 2 is 1.88 bits per heavy atom. The van der Waals surface area contributed by atoms with Gasteiger partial charge in [0.25, 0.3) is 5.91 Å². The number of carbonyl (C=O) groups is 1. The predicted molar refractivity (Wildman–Crippen MR) is 93.3 cm³/mol. The smallest absolute Gasteiger partial charge is 0.256 e. The summed E-state index contributed by atoms with van der Waals surface area (Å²) in [4.78, 5) is 17.8. The Morgan fingerprint density at radius 3 is 2.62 bits per heavy atom. The lowest BCUT2D eigenvalue weighted by atomic mass is 10.0. The van der Waals surface area contributed by atoms with Gasteiger partial charge in [0.05, 0.1) is 11.3 Å². The van der Waals surface area contributed by atoms with E-state index in [0.29, 0.717) is 12.1 Å². The van der Waals surface area contributed by atoms with Crippen molar-refractivity contribution in [1.82, 2.24) is 19.6 Å². The molecule has 2 aromatic rings. The van der Waals surface area contributed by atoms with E-state index in [0.717, 1.165) is 37.2 Å². The Bertz CT molecular complexity index is 712. The van der Waals surface area contributed by atoms with Crippen LogP contribution < -0.4 is 0 Å². The van der Waals surface area contributed by atoms with E-state index in [9.17, 15) is 4.79 Å². The van der Waals surface area contributed by atoms with E-state index in [-0.39, 0.29) is 5.91 Å². The maximum Gasteiger partial charge on any atom is 0.256 e. The second-order valence-corrected chi connectivity index (χ2v) is 6.87. The Labute approximate surface area is 142 Å². The van der Waals surface area contributed by atoms with Crippen molar-refractivity contribution in [3.63, 3.8) is 0 Å². The summed E-state index contributed by atoms with van der Waals surface area (Å²) in [5.74, 6) is 0.143. The van der Waals surface area contributed by atoms with Crippen LogP contribution in [0.5, 0.6) is 0 Å². The summed E-state index contributed by atoms with van der Waals surface area (Å²) in [6, 6.07) is 10.5. The molecule has 2 unspecified atom stereocenters. The van der Waals surface area contributed by atoms with Crippen molar-refractivity contribution in [3.05, 3.63) is 48.3 Å². The molecule has 126 valence electrons. The highest BCUT2D eigenvalue weighted by Crippen LogP contribution is 2.31. The molecular weight excluding hydrogens is 300 g/mol. The van der Waals surface area contributed by atoms with Crippen molar-refractivity contribution in [2.24, 2.45) is 0 Å². The van der Waals surface area contributed by atoms with Crippen molar-refractivity contribution >= 4 is 5.91 Å². The molecule has 0 saturated carbocycles. The quantitative estimate of drug-likeness (QED) is 0.871. The minimum atomic E-state index is 0.143. The number of hydrogen-bond acceptors (Lipinski definition) is 3. The zero-order valence-electron chi connectivity index (χ0n) is 14.1. The first kappa shape index (κ1) is 15.4. The molecule has 2 aliphatic heterocycles. The fourth-order valence-corrected chi connectivity index (χ4v) is 4.29. The van der Waals surface area contributed by atoms with Gasteiger partial charge in [-0.1, -0.05) is 12.1 Å². The molecule has 2 saturated heterocycles. The highest BCUT2D eigenvalue weighted by molar-refractivity contribution is 5.98. The third-order valence-corrected chi connectivity index (χ3v) is 5.47. The fraction of sp³-hybridized carbons (Fsp3) is 0.474. The number of hydrogen-bond donors (Lipinski definition) is 0. The lowest BCUT2D eigenvalue weighted by molar-refractivity contribution is 0.0664. The predicted octanol–water partition coefficient (Wildman–Crippen LogP) is 2.57.